The summed E-state index contributed by atoms with van der Waals surface area (Å²) in [6, 6.07) is 0.246. The molecule has 1 fully saturated rings. The van der Waals surface area contributed by atoms with Gasteiger partial charge in [-0.2, -0.15) is 0 Å². The lowest BCUT2D eigenvalue weighted by Crippen LogP contribution is -2.08. The zero-order valence-electron chi connectivity index (χ0n) is 9.56. The SMILES string of the molecule is [NH]C1CCCCCCCCCCCC1. The minimum absolute atomic E-state index is 0.246. The van der Waals surface area contributed by atoms with Crippen LogP contribution < -0.4 is 5.73 Å². The Hall–Kier alpha value is -0.0400. The maximum Gasteiger partial charge on any atom is 0.0213 e. The summed E-state index contributed by atoms with van der Waals surface area (Å²) >= 11 is 0. The van der Waals surface area contributed by atoms with Crippen molar-refractivity contribution in [3.63, 3.8) is 0 Å². The molecular weight excluding hydrogens is 170 g/mol. The molecule has 0 aromatic heterocycles. The molecule has 0 spiro atoms. The average Bonchev–Trinajstić information content (AvgIpc) is 2.20. The largest absolute Gasteiger partial charge is 0.255 e. The molecule has 0 atom stereocenters. The van der Waals surface area contributed by atoms with E-state index in [1.807, 2.05) is 0 Å². The van der Waals surface area contributed by atoms with Crippen molar-refractivity contribution in [3.05, 3.63) is 0 Å². The molecule has 0 aromatic rings. The Bertz CT molecular complexity index is 108. The molecule has 14 heavy (non-hydrogen) atoms. The Balaban J connectivity index is 2.12. The van der Waals surface area contributed by atoms with Crippen molar-refractivity contribution in [2.24, 2.45) is 0 Å². The summed E-state index contributed by atoms with van der Waals surface area (Å²) in [7, 11) is 0. The molecule has 1 saturated carbocycles. The van der Waals surface area contributed by atoms with Gasteiger partial charge < -0.3 is 0 Å². The molecule has 1 N–H and O–H groups in total. The summed E-state index contributed by atoms with van der Waals surface area (Å²) in [5.74, 6) is 0. The fourth-order valence-electron chi connectivity index (χ4n) is 2.34. The highest BCUT2D eigenvalue weighted by Gasteiger charge is 2.03. The summed E-state index contributed by atoms with van der Waals surface area (Å²) in [6.07, 6.45) is 16.2. The first kappa shape index (κ1) is 12.0. The van der Waals surface area contributed by atoms with Crippen LogP contribution in [0.4, 0.5) is 0 Å². The van der Waals surface area contributed by atoms with Gasteiger partial charge in [-0.05, 0) is 12.8 Å². The van der Waals surface area contributed by atoms with Gasteiger partial charge in [0.15, 0.2) is 0 Å². The van der Waals surface area contributed by atoms with E-state index >= 15 is 0 Å². The second-order valence-corrected chi connectivity index (χ2v) is 4.81. The lowest BCUT2D eigenvalue weighted by atomic mass is 10.0. The first-order chi connectivity index (χ1) is 6.89. The molecule has 0 saturated heterocycles. The zero-order valence-corrected chi connectivity index (χ0v) is 9.56. The van der Waals surface area contributed by atoms with Gasteiger partial charge in [-0.3, -0.25) is 5.73 Å². The normalized spacial score (nSPS) is 24.6. The van der Waals surface area contributed by atoms with Gasteiger partial charge in [0.1, 0.15) is 0 Å². The Morgan fingerprint density at radius 3 is 1.14 bits per heavy atom. The van der Waals surface area contributed by atoms with E-state index in [2.05, 4.69) is 0 Å². The molecule has 1 radical (unpaired) electrons. The third-order valence-corrected chi connectivity index (χ3v) is 3.36. The van der Waals surface area contributed by atoms with Crippen molar-refractivity contribution in [1.82, 2.24) is 5.73 Å². The van der Waals surface area contributed by atoms with E-state index in [4.69, 9.17) is 5.73 Å². The minimum Gasteiger partial charge on any atom is -0.255 e. The Morgan fingerprint density at radius 1 is 0.500 bits per heavy atom. The van der Waals surface area contributed by atoms with E-state index in [-0.39, 0.29) is 6.04 Å². The van der Waals surface area contributed by atoms with Crippen LogP contribution in [-0.2, 0) is 0 Å². The Labute approximate surface area is 89.5 Å². The van der Waals surface area contributed by atoms with Gasteiger partial charge in [0, 0.05) is 6.04 Å². The number of hydrogen-bond donors (Lipinski definition) is 0. The third-order valence-electron chi connectivity index (χ3n) is 3.36. The number of hydrogen-bond acceptors (Lipinski definition) is 0. The quantitative estimate of drug-likeness (QED) is 0.550. The smallest absolute Gasteiger partial charge is 0.0213 e. The summed E-state index contributed by atoms with van der Waals surface area (Å²) in [5, 5.41) is 0. The Kier molecular flexibility index (Phi) is 7.12. The molecule has 1 heteroatoms. The summed E-state index contributed by atoms with van der Waals surface area (Å²) in [4.78, 5) is 0. The van der Waals surface area contributed by atoms with Gasteiger partial charge in [0.2, 0.25) is 0 Å². The second kappa shape index (κ2) is 8.28. The van der Waals surface area contributed by atoms with Crippen LogP contribution in [-0.4, -0.2) is 6.04 Å². The number of rotatable bonds is 0. The molecule has 0 unspecified atom stereocenters. The molecule has 0 aliphatic heterocycles. The maximum absolute atomic E-state index is 7.86. The van der Waals surface area contributed by atoms with Crippen LogP contribution in [0, 0.1) is 0 Å². The van der Waals surface area contributed by atoms with Crippen LogP contribution in [0.3, 0.4) is 0 Å². The maximum atomic E-state index is 7.86. The van der Waals surface area contributed by atoms with E-state index in [0.717, 1.165) is 12.8 Å². The molecule has 0 amide bonds. The van der Waals surface area contributed by atoms with Crippen LogP contribution in [0.25, 0.3) is 0 Å². The fraction of sp³-hybridized carbons (Fsp3) is 1.00. The van der Waals surface area contributed by atoms with Gasteiger partial charge in [-0.1, -0.05) is 64.2 Å². The molecule has 0 aromatic carbocycles. The molecule has 1 rings (SSSR count). The lowest BCUT2D eigenvalue weighted by Gasteiger charge is -2.09. The monoisotopic (exact) mass is 196 g/mol. The topological polar surface area (TPSA) is 23.8 Å². The lowest BCUT2D eigenvalue weighted by molar-refractivity contribution is 0.487. The molecule has 1 aliphatic rings. The predicted octanol–water partition coefficient (Wildman–Crippen LogP) is 4.33. The highest BCUT2D eigenvalue weighted by Crippen LogP contribution is 2.16. The summed E-state index contributed by atoms with van der Waals surface area (Å²) in [6.45, 7) is 0. The van der Waals surface area contributed by atoms with Crippen LogP contribution in [0.2, 0.25) is 0 Å². The molecule has 1 aliphatic carbocycles. The summed E-state index contributed by atoms with van der Waals surface area (Å²) in [5.41, 5.74) is 7.86. The van der Waals surface area contributed by atoms with Crippen LogP contribution in [0.15, 0.2) is 0 Å². The minimum atomic E-state index is 0.246. The predicted molar refractivity (Wildman–Crippen MR) is 62.3 cm³/mol. The van der Waals surface area contributed by atoms with Gasteiger partial charge in [0.25, 0.3) is 0 Å². The van der Waals surface area contributed by atoms with E-state index < -0.39 is 0 Å². The van der Waals surface area contributed by atoms with E-state index in [0.29, 0.717) is 0 Å². The molecule has 0 heterocycles. The van der Waals surface area contributed by atoms with E-state index in [1.165, 1.54) is 64.2 Å². The fourth-order valence-corrected chi connectivity index (χ4v) is 2.34. The number of nitrogens with one attached hydrogen (secondary N) is 1. The van der Waals surface area contributed by atoms with Gasteiger partial charge in [-0.25, -0.2) is 0 Å². The molecule has 83 valence electrons. The Morgan fingerprint density at radius 2 is 0.786 bits per heavy atom. The highest BCUT2D eigenvalue weighted by molar-refractivity contribution is 4.62. The van der Waals surface area contributed by atoms with Crippen molar-refractivity contribution in [2.45, 2.75) is 83.1 Å². The molecular formula is C13H26N. The van der Waals surface area contributed by atoms with Crippen molar-refractivity contribution in [1.29, 1.82) is 0 Å². The van der Waals surface area contributed by atoms with Crippen molar-refractivity contribution in [3.8, 4) is 0 Å². The summed E-state index contributed by atoms with van der Waals surface area (Å²) < 4.78 is 0. The van der Waals surface area contributed by atoms with E-state index in [1.54, 1.807) is 0 Å². The van der Waals surface area contributed by atoms with Crippen LogP contribution >= 0.6 is 0 Å². The van der Waals surface area contributed by atoms with Crippen molar-refractivity contribution in [2.75, 3.05) is 0 Å². The zero-order chi connectivity index (χ0) is 10.1. The first-order valence-electron chi connectivity index (χ1n) is 6.61. The highest BCUT2D eigenvalue weighted by atomic mass is 14.6. The average molecular weight is 196 g/mol. The van der Waals surface area contributed by atoms with Crippen LogP contribution in [0.1, 0.15) is 77.0 Å². The third kappa shape index (κ3) is 6.42. The van der Waals surface area contributed by atoms with Crippen LogP contribution in [0.5, 0.6) is 0 Å². The van der Waals surface area contributed by atoms with Gasteiger partial charge in [0.05, 0.1) is 0 Å². The van der Waals surface area contributed by atoms with Gasteiger partial charge >= 0.3 is 0 Å². The van der Waals surface area contributed by atoms with Crippen molar-refractivity contribution < 1.29 is 0 Å². The first-order valence-corrected chi connectivity index (χ1v) is 6.61. The van der Waals surface area contributed by atoms with Gasteiger partial charge in [-0.15, -0.1) is 0 Å². The standard InChI is InChI=1S/C13H26N/c14-13-11-9-7-5-3-1-2-4-6-8-10-12-13/h13-14H,1-12H2. The van der Waals surface area contributed by atoms with Crippen molar-refractivity contribution >= 4 is 0 Å². The van der Waals surface area contributed by atoms with E-state index in [9.17, 15) is 0 Å². The second-order valence-electron chi connectivity index (χ2n) is 4.81. The molecule has 0 bridgehead atoms. The molecule has 1 nitrogen and oxygen atoms in total.